The van der Waals surface area contributed by atoms with Gasteiger partial charge in [-0.2, -0.15) is 0 Å². The minimum absolute atomic E-state index is 0.0583. The molecule has 0 aliphatic carbocycles. The predicted octanol–water partition coefficient (Wildman–Crippen LogP) is 1.17. The van der Waals surface area contributed by atoms with Gasteiger partial charge in [0.1, 0.15) is 6.04 Å². The van der Waals surface area contributed by atoms with E-state index in [2.05, 4.69) is 26.0 Å². The van der Waals surface area contributed by atoms with Crippen LogP contribution in [0.5, 0.6) is 0 Å². The molecular formula is C13H15BrN2O5. The SMILES string of the molecule is COC(=O)CC[C@@H](NC(=O)c1cc(N)cc(Br)c1)C(=O)O. The van der Waals surface area contributed by atoms with Gasteiger partial charge in [0.15, 0.2) is 0 Å². The highest BCUT2D eigenvalue weighted by Crippen LogP contribution is 2.17. The van der Waals surface area contributed by atoms with Crippen LogP contribution >= 0.6 is 15.9 Å². The Morgan fingerprint density at radius 2 is 2.05 bits per heavy atom. The summed E-state index contributed by atoms with van der Waals surface area (Å²) < 4.78 is 5.04. The maximum Gasteiger partial charge on any atom is 0.326 e. The van der Waals surface area contributed by atoms with Crippen LogP contribution in [0.25, 0.3) is 0 Å². The summed E-state index contributed by atoms with van der Waals surface area (Å²) in [7, 11) is 1.21. The average Bonchev–Trinajstić information content (AvgIpc) is 2.41. The molecule has 0 saturated carbocycles. The Kier molecular flexibility index (Phi) is 6.16. The maximum absolute atomic E-state index is 12.0. The number of methoxy groups -OCH3 is 1. The highest BCUT2D eigenvalue weighted by atomic mass is 79.9. The molecule has 0 fully saturated rings. The molecule has 0 bridgehead atoms. The molecule has 114 valence electrons. The number of ether oxygens (including phenoxy) is 1. The first-order valence-electron chi connectivity index (χ1n) is 6.00. The first-order chi connectivity index (χ1) is 9.83. The Labute approximate surface area is 129 Å². The smallest absolute Gasteiger partial charge is 0.326 e. The lowest BCUT2D eigenvalue weighted by molar-refractivity contribution is -0.142. The number of carboxylic acids is 1. The van der Waals surface area contributed by atoms with Crippen molar-refractivity contribution >= 4 is 39.5 Å². The average molecular weight is 359 g/mol. The lowest BCUT2D eigenvalue weighted by Gasteiger charge is -2.14. The number of carbonyl (C=O) groups is 3. The topological polar surface area (TPSA) is 119 Å². The minimum Gasteiger partial charge on any atom is -0.480 e. The van der Waals surface area contributed by atoms with E-state index in [0.29, 0.717) is 10.2 Å². The normalized spacial score (nSPS) is 11.5. The zero-order valence-corrected chi connectivity index (χ0v) is 12.8. The number of esters is 1. The summed E-state index contributed by atoms with van der Waals surface area (Å²) in [6.45, 7) is 0. The Morgan fingerprint density at radius 3 is 2.57 bits per heavy atom. The van der Waals surface area contributed by atoms with Crippen LogP contribution in [0, 0.1) is 0 Å². The molecule has 1 aromatic rings. The zero-order valence-electron chi connectivity index (χ0n) is 11.3. The van der Waals surface area contributed by atoms with Crippen molar-refractivity contribution in [2.24, 2.45) is 0 Å². The molecule has 4 N–H and O–H groups in total. The van der Waals surface area contributed by atoms with Crippen LogP contribution in [-0.4, -0.2) is 36.1 Å². The standard InChI is InChI=1S/C13H15BrN2O5/c1-21-11(17)3-2-10(13(19)20)16-12(18)7-4-8(14)6-9(15)5-7/h4-6,10H,2-3,15H2,1H3,(H,16,18)(H,19,20)/t10-/m1/s1. The van der Waals surface area contributed by atoms with Gasteiger partial charge in [0.25, 0.3) is 5.91 Å². The van der Waals surface area contributed by atoms with Crippen LogP contribution < -0.4 is 11.1 Å². The number of benzene rings is 1. The van der Waals surface area contributed by atoms with Crippen molar-refractivity contribution in [3.05, 3.63) is 28.2 Å². The van der Waals surface area contributed by atoms with Crippen LogP contribution in [0.3, 0.4) is 0 Å². The largest absolute Gasteiger partial charge is 0.480 e. The number of rotatable bonds is 6. The van der Waals surface area contributed by atoms with Gasteiger partial charge in [0.05, 0.1) is 7.11 Å². The number of nitrogens with two attached hydrogens (primary N) is 1. The van der Waals surface area contributed by atoms with Crippen LogP contribution in [0.2, 0.25) is 0 Å². The molecule has 0 radical (unpaired) electrons. The van der Waals surface area contributed by atoms with E-state index in [9.17, 15) is 14.4 Å². The number of hydrogen-bond acceptors (Lipinski definition) is 5. The van der Waals surface area contributed by atoms with Gasteiger partial charge in [-0.25, -0.2) is 4.79 Å². The molecule has 1 atom stereocenters. The number of carbonyl (C=O) groups excluding carboxylic acids is 2. The summed E-state index contributed by atoms with van der Waals surface area (Å²) >= 11 is 3.20. The third kappa shape index (κ3) is 5.42. The van der Waals surface area contributed by atoms with Crippen molar-refractivity contribution in [1.29, 1.82) is 0 Å². The molecule has 1 aromatic carbocycles. The first-order valence-corrected chi connectivity index (χ1v) is 6.79. The second kappa shape index (κ2) is 7.63. The minimum atomic E-state index is -1.23. The fraction of sp³-hybridized carbons (Fsp3) is 0.308. The van der Waals surface area contributed by atoms with E-state index in [0.717, 1.165) is 0 Å². The van der Waals surface area contributed by atoms with Crippen molar-refractivity contribution in [3.8, 4) is 0 Å². The van der Waals surface area contributed by atoms with E-state index < -0.39 is 23.9 Å². The number of nitrogen functional groups attached to an aromatic ring is 1. The number of carboxylic acid groups (broad SMARTS) is 1. The monoisotopic (exact) mass is 358 g/mol. The Morgan fingerprint density at radius 1 is 1.38 bits per heavy atom. The third-order valence-corrected chi connectivity index (χ3v) is 3.11. The summed E-state index contributed by atoms with van der Waals surface area (Å²) in [4.78, 5) is 34.1. The lowest BCUT2D eigenvalue weighted by Crippen LogP contribution is -2.41. The van der Waals surface area contributed by atoms with Gasteiger partial charge in [0, 0.05) is 22.1 Å². The van der Waals surface area contributed by atoms with Crippen LogP contribution in [0.15, 0.2) is 22.7 Å². The third-order valence-electron chi connectivity index (χ3n) is 2.65. The summed E-state index contributed by atoms with van der Waals surface area (Å²) in [6.07, 6.45) is -0.161. The molecule has 0 saturated heterocycles. The summed E-state index contributed by atoms with van der Waals surface area (Å²) in [5.74, 6) is -2.35. The molecule has 0 aromatic heterocycles. The molecule has 21 heavy (non-hydrogen) atoms. The van der Waals surface area contributed by atoms with Crippen molar-refractivity contribution in [1.82, 2.24) is 5.32 Å². The van der Waals surface area contributed by atoms with E-state index in [1.165, 1.54) is 19.2 Å². The zero-order chi connectivity index (χ0) is 16.0. The van der Waals surface area contributed by atoms with Gasteiger partial charge in [-0.15, -0.1) is 0 Å². The molecule has 0 spiro atoms. The van der Waals surface area contributed by atoms with Crippen molar-refractivity contribution in [2.45, 2.75) is 18.9 Å². The number of hydrogen-bond donors (Lipinski definition) is 3. The van der Waals surface area contributed by atoms with Crippen molar-refractivity contribution < 1.29 is 24.2 Å². The lowest BCUT2D eigenvalue weighted by atomic mass is 10.1. The van der Waals surface area contributed by atoms with Gasteiger partial charge >= 0.3 is 11.9 Å². The molecule has 0 heterocycles. The summed E-state index contributed by atoms with van der Waals surface area (Å²) in [5.41, 5.74) is 6.22. The summed E-state index contributed by atoms with van der Waals surface area (Å²) in [5, 5.41) is 11.4. The number of amides is 1. The maximum atomic E-state index is 12.0. The molecule has 0 aliphatic rings. The fourth-order valence-corrected chi connectivity index (χ4v) is 2.12. The van der Waals surface area contributed by atoms with Crippen LogP contribution in [0.1, 0.15) is 23.2 Å². The number of halogens is 1. The van der Waals surface area contributed by atoms with E-state index in [-0.39, 0.29) is 18.4 Å². The number of anilines is 1. The van der Waals surface area contributed by atoms with Crippen LogP contribution in [0.4, 0.5) is 5.69 Å². The fourth-order valence-electron chi connectivity index (χ4n) is 1.61. The molecule has 1 amide bonds. The van der Waals surface area contributed by atoms with E-state index in [1.54, 1.807) is 6.07 Å². The molecule has 7 nitrogen and oxygen atoms in total. The van der Waals surface area contributed by atoms with Gasteiger partial charge in [-0.3, -0.25) is 9.59 Å². The highest BCUT2D eigenvalue weighted by molar-refractivity contribution is 9.10. The Hall–Kier alpha value is -2.09. The Bertz CT molecular complexity index is 541. The quantitative estimate of drug-likeness (QED) is 0.518. The van der Waals surface area contributed by atoms with E-state index in [1.807, 2.05) is 0 Å². The van der Waals surface area contributed by atoms with Gasteiger partial charge < -0.3 is 20.9 Å². The van der Waals surface area contributed by atoms with E-state index in [4.69, 9.17) is 10.8 Å². The highest BCUT2D eigenvalue weighted by Gasteiger charge is 2.22. The second-order valence-electron chi connectivity index (χ2n) is 4.25. The van der Waals surface area contributed by atoms with Gasteiger partial charge in [-0.05, 0) is 24.6 Å². The molecule has 0 aliphatic heterocycles. The first kappa shape index (κ1) is 17.0. The van der Waals surface area contributed by atoms with Crippen molar-refractivity contribution in [2.75, 3.05) is 12.8 Å². The van der Waals surface area contributed by atoms with Crippen molar-refractivity contribution in [3.63, 3.8) is 0 Å². The Balaban J connectivity index is 2.76. The second-order valence-corrected chi connectivity index (χ2v) is 5.17. The van der Waals surface area contributed by atoms with E-state index >= 15 is 0 Å². The van der Waals surface area contributed by atoms with Crippen LogP contribution in [-0.2, 0) is 14.3 Å². The molecule has 8 heteroatoms. The van der Waals surface area contributed by atoms with Gasteiger partial charge in [-0.1, -0.05) is 15.9 Å². The summed E-state index contributed by atoms with van der Waals surface area (Å²) in [6, 6.07) is 3.38. The molecule has 1 rings (SSSR count). The van der Waals surface area contributed by atoms with Gasteiger partial charge in [0.2, 0.25) is 0 Å². The molecule has 0 unspecified atom stereocenters. The number of aliphatic carboxylic acids is 1. The number of nitrogens with one attached hydrogen (secondary N) is 1. The predicted molar refractivity (Wildman–Crippen MR) is 78.7 cm³/mol. The molecular weight excluding hydrogens is 344 g/mol.